The first-order chi connectivity index (χ1) is 4.72. The average Bonchev–Trinajstić information content (AvgIpc) is 2.36. The molecule has 0 radical (unpaired) electrons. The van der Waals surface area contributed by atoms with Gasteiger partial charge < -0.3 is 4.74 Å². The molecular formula is C8H15BrO. The topological polar surface area (TPSA) is 9.23 Å². The predicted molar refractivity (Wildman–Crippen MR) is 46.5 cm³/mol. The number of halogens is 1. The van der Waals surface area contributed by atoms with Gasteiger partial charge in [-0.25, -0.2) is 0 Å². The second kappa shape index (κ2) is 3.72. The highest BCUT2D eigenvalue weighted by Gasteiger charge is 2.24. The SMILES string of the molecule is CC(Br)C(C)C1CCOC1. The molecule has 3 atom stereocenters. The van der Waals surface area contributed by atoms with E-state index in [0.29, 0.717) is 4.83 Å². The van der Waals surface area contributed by atoms with Crippen molar-refractivity contribution in [2.75, 3.05) is 13.2 Å². The van der Waals surface area contributed by atoms with Gasteiger partial charge in [0.15, 0.2) is 0 Å². The molecule has 1 fully saturated rings. The monoisotopic (exact) mass is 206 g/mol. The second-order valence-electron chi connectivity index (χ2n) is 3.16. The van der Waals surface area contributed by atoms with E-state index in [1.165, 1.54) is 6.42 Å². The van der Waals surface area contributed by atoms with Gasteiger partial charge in [0.05, 0.1) is 0 Å². The zero-order chi connectivity index (χ0) is 7.56. The highest BCUT2D eigenvalue weighted by atomic mass is 79.9. The summed E-state index contributed by atoms with van der Waals surface area (Å²) in [6.07, 6.45) is 1.25. The van der Waals surface area contributed by atoms with Crippen LogP contribution < -0.4 is 0 Å². The Hall–Kier alpha value is 0.440. The van der Waals surface area contributed by atoms with Crippen LogP contribution in [0.5, 0.6) is 0 Å². The Kier molecular flexibility index (Phi) is 3.18. The van der Waals surface area contributed by atoms with Crippen molar-refractivity contribution in [2.45, 2.75) is 25.1 Å². The van der Waals surface area contributed by atoms with E-state index in [-0.39, 0.29) is 0 Å². The fraction of sp³-hybridized carbons (Fsp3) is 1.00. The minimum atomic E-state index is 0.624. The Bertz CT molecular complexity index is 97.4. The van der Waals surface area contributed by atoms with Gasteiger partial charge in [0.25, 0.3) is 0 Å². The standard InChI is InChI=1S/C8H15BrO/c1-6(7(2)9)8-3-4-10-5-8/h6-8H,3-5H2,1-2H3. The molecule has 2 heteroatoms. The molecule has 0 aromatic carbocycles. The van der Waals surface area contributed by atoms with Crippen LogP contribution in [0, 0.1) is 11.8 Å². The van der Waals surface area contributed by atoms with Crippen LogP contribution in [0.3, 0.4) is 0 Å². The highest BCUT2D eigenvalue weighted by molar-refractivity contribution is 9.09. The van der Waals surface area contributed by atoms with Crippen LogP contribution in [0.2, 0.25) is 0 Å². The van der Waals surface area contributed by atoms with Crippen molar-refractivity contribution in [1.29, 1.82) is 0 Å². The van der Waals surface area contributed by atoms with Gasteiger partial charge in [0.2, 0.25) is 0 Å². The second-order valence-corrected chi connectivity index (χ2v) is 4.60. The lowest BCUT2D eigenvalue weighted by molar-refractivity contribution is 0.174. The molecule has 1 aliphatic heterocycles. The lowest BCUT2D eigenvalue weighted by atomic mass is 9.91. The van der Waals surface area contributed by atoms with Gasteiger partial charge in [-0.05, 0) is 18.3 Å². The van der Waals surface area contributed by atoms with Gasteiger partial charge in [-0.3, -0.25) is 0 Å². The van der Waals surface area contributed by atoms with Gasteiger partial charge in [0, 0.05) is 18.0 Å². The Morgan fingerprint density at radius 2 is 2.20 bits per heavy atom. The first-order valence-electron chi connectivity index (χ1n) is 3.93. The van der Waals surface area contributed by atoms with Crippen LogP contribution in [0.15, 0.2) is 0 Å². The molecule has 0 bridgehead atoms. The van der Waals surface area contributed by atoms with Gasteiger partial charge in [-0.1, -0.05) is 29.8 Å². The molecule has 0 N–H and O–H groups in total. The summed E-state index contributed by atoms with van der Waals surface area (Å²) in [4.78, 5) is 0.624. The molecule has 10 heavy (non-hydrogen) atoms. The summed E-state index contributed by atoms with van der Waals surface area (Å²) in [7, 11) is 0. The molecule has 1 heterocycles. The first kappa shape index (κ1) is 8.54. The maximum atomic E-state index is 5.31. The molecule has 0 amide bonds. The molecule has 0 spiro atoms. The van der Waals surface area contributed by atoms with Crippen molar-refractivity contribution in [1.82, 2.24) is 0 Å². The predicted octanol–water partition coefficient (Wildman–Crippen LogP) is 2.44. The number of ether oxygens (including phenoxy) is 1. The summed E-state index contributed by atoms with van der Waals surface area (Å²) >= 11 is 3.59. The Morgan fingerprint density at radius 3 is 2.60 bits per heavy atom. The smallest absolute Gasteiger partial charge is 0.0498 e. The van der Waals surface area contributed by atoms with Crippen LogP contribution in [0.4, 0.5) is 0 Å². The van der Waals surface area contributed by atoms with Crippen LogP contribution in [0.25, 0.3) is 0 Å². The number of hydrogen-bond acceptors (Lipinski definition) is 1. The lowest BCUT2D eigenvalue weighted by Gasteiger charge is -2.19. The van der Waals surface area contributed by atoms with E-state index in [4.69, 9.17) is 4.74 Å². The summed E-state index contributed by atoms with van der Waals surface area (Å²) in [5.41, 5.74) is 0. The van der Waals surface area contributed by atoms with Gasteiger partial charge in [0.1, 0.15) is 0 Å². The largest absolute Gasteiger partial charge is 0.381 e. The van der Waals surface area contributed by atoms with Gasteiger partial charge >= 0.3 is 0 Å². The van der Waals surface area contributed by atoms with Crippen LogP contribution in [0.1, 0.15) is 20.3 Å². The van der Waals surface area contributed by atoms with E-state index in [1.54, 1.807) is 0 Å². The third-order valence-corrected chi connectivity index (χ3v) is 3.27. The lowest BCUT2D eigenvalue weighted by Crippen LogP contribution is -2.18. The van der Waals surface area contributed by atoms with E-state index in [2.05, 4.69) is 29.8 Å². The number of alkyl halides is 1. The van der Waals surface area contributed by atoms with Gasteiger partial charge in [-0.2, -0.15) is 0 Å². The van der Waals surface area contributed by atoms with Crippen LogP contribution in [-0.4, -0.2) is 18.0 Å². The maximum Gasteiger partial charge on any atom is 0.0498 e. The summed E-state index contributed by atoms with van der Waals surface area (Å²) in [5, 5.41) is 0. The summed E-state index contributed by atoms with van der Waals surface area (Å²) in [6.45, 7) is 6.44. The molecule has 0 aliphatic carbocycles. The highest BCUT2D eigenvalue weighted by Crippen LogP contribution is 2.27. The van der Waals surface area contributed by atoms with E-state index in [1.807, 2.05) is 0 Å². The van der Waals surface area contributed by atoms with E-state index < -0.39 is 0 Å². The van der Waals surface area contributed by atoms with Crippen LogP contribution >= 0.6 is 15.9 Å². The zero-order valence-electron chi connectivity index (χ0n) is 6.64. The first-order valence-corrected chi connectivity index (χ1v) is 4.85. The van der Waals surface area contributed by atoms with Crippen LogP contribution in [-0.2, 0) is 4.74 Å². The summed E-state index contributed by atoms with van der Waals surface area (Å²) in [5.74, 6) is 1.54. The normalized spacial score (nSPS) is 32.1. The molecular weight excluding hydrogens is 192 g/mol. The van der Waals surface area contributed by atoms with Crippen molar-refractivity contribution in [2.24, 2.45) is 11.8 Å². The molecule has 0 aromatic rings. The molecule has 1 rings (SSSR count). The molecule has 1 saturated heterocycles. The number of rotatable bonds is 2. The Morgan fingerprint density at radius 1 is 1.50 bits per heavy atom. The third kappa shape index (κ3) is 1.96. The van der Waals surface area contributed by atoms with Crippen molar-refractivity contribution >= 4 is 15.9 Å². The van der Waals surface area contributed by atoms with Gasteiger partial charge in [-0.15, -0.1) is 0 Å². The van der Waals surface area contributed by atoms with Crippen molar-refractivity contribution in [3.05, 3.63) is 0 Å². The van der Waals surface area contributed by atoms with Crippen molar-refractivity contribution < 1.29 is 4.74 Å². The third-order valence-electron chi connectivity index (χ3n) is 2.43. The average molecular weight is 207 g/mol. The quantitative estimate of drug-likeness (QED) is 0.632. The summed E-state index contributed by atoms with van der Waals surface area (Å²) in [6, 6.07) is 0. The molecule has 3 unspecified atom stereocenters. The minimum Gasteiger partial charge on any atom is -0.381 e. The fourth-order valence-corrected chi connectivity index (χ4v) is 1.77. The van der Waals surface area contributed by atoms with Crippen molar-refractivity contribution in [3.8, 4) is 0 Å². The molecule has 1 nitrogen and oxygen atoms in total. The molecule has 60 valence electrons. The van der Waals surface area contributed by atoms with E-state index >= 15 is 0 Å². The molecule has 0 aromatic heterocycles. The number of hydrogen-bond donors (Lipinski definition) is 0. The Balaban J connectivity index is 2.32. The fourth-order valence-electron chi connectivity index (χ4n) is 1.34. The zero-order valence-corrected chi connectivity index (χ0v) is 8.23. The maximum absolute atomic E-state index is 5.31. The van der Waals surface area contributed by atoms with E-state index in [0.717, 1.165) is 25.0 Å². The minimum absolute atomic E-state index is 0.624. The molecule has 1 aliphatic rings. The van der Waals surface area contributed by atoms with E-state index in [9.17, 15) is 0 Å². The Labute approximate surface area is 71.3 Å². The van der Waals surface area contributed by atoms with Crippen molar-refractivity contribution in [3.63, 3.8) is 0 Å². The summed E-state index contributed by atoms with van der Waals surface area (Å²) < 4.78 is 5.31. The molecule has 0 saturated carbocycles.